The highest BCUT2D eigenvalue weighted by molar-refractivity contribution is 5.75. The third kappa shape index (κ3) is 4.42. The number of aliphatic hydroxyl groups is 4. The minimum Gasteiger partial charge on any atom is -0.394 e. The van der Waals surface area contributed by atoms with Gasteiger partial charge in [0.25, 0.3) is 22.0 Å². The van der Waals surface area contributed by atoms with Crippen LogP contribution >= 0.6 is 0 Å². The van der Waals surface area contributed by atoms with E-state index >= 15 is 0 Å². The monoisotopic (exact) mass is 642 g/mol. The molecule has 2 fully saturated rings. The fourth-order valence-electron chi connectivity index (χ4n) is 5.76. The Morgan fingerprint density at radius 3 is 1.87 bits per heavy atom. The zero-order chi connectivity index (χ0) is 32.6. The van der Waals surface area contributed by atoms with E-state index in [1.807, 2.05) is 0 Å². The second-order valence-electron chi connectivity index (χ2n) is 10.8. The summed E-state index contributed by atoms with van der Waals surface area (Å²) in [4.78, 5) is 70.0. The molecule has 242 valence electrons. The lowest BCUT2D eigenvalue weighted by Crippen LogP contribution is -2.46. The van der Waals surface area contributed by atoms with E-state index in [0.717, 1.165) is 0 Å². The normalized spacial score (nSPS) is 28.1. The molecule has 8 atom stereocenters. The average molecular weight is 643 g/mol. The number of ether oxygens (including phenoxy) is 2. The molecular formula is C24H26N12O10. The Morgan fingerprint density at radius 2 is 1.30 bits per heavy atom. The van der Waals surface area contributed by atoms with Crippen molar-refractivity contribution in [2.45, 2.75) is 49.0 Å². The first-order valence-corrected chi connectivity index (χ1v) is 13.7. The van der Waals surface area contributed by atoms with Gasteiger partial charge in [-0.1, -0.05) is 0 Å². The third-order valence-corrected chi connectivity index (χ3v) is 8.04. The first-order valence-electron chi connectivity index (χ1n) is 13.7. The number of H-pyrrole nitrogens is 2. The molecule has 2 saturated heterocycles. The number of hydrogen-bond acceptors (Lipinski definition) is 18. The van der Waals surface area contributed by atoms with Crippen LogP contribution in [0.5, 0.6) is 0 Å². The minimum absolute atomic E-state index is 0.00361. The zero-order valence-corrected chi connectivity index (χ0v) is 23.3. The van der Waals surface area contributed by atoms with Gasteiger partial charge in [0.15, 0.2) is 34.8 Å². The maximum absolute atomic E-state index is 12.6. The summed E-state index contributed by atoms with van der Waals surface area (Å²) in [6.07, 6.45) is -6.74. The van der Waals surface area contributed by atoms with Crippen molar-refractivity contribution in [3.63, 3.8) is 0 Å². The molecule has 22 heteroatoms. The number of fused-ring (bicyclic) bond motifs is 2. The molecule has 0 saturated carbocycles. The molecule has 2 aliphatic heterocycles. The Balaban J connectivity index is 1.08. The standard InChI is InChI=1S/C24H26N12O10/c25-23-31-17-10(19(43)33-23)28-3-35(17)21-15(41)7(6(2-37)46-21)30-9-8(13(39)14(9)40)27-1-5-12(38)16(42)22(45-5)36-4-29-11-18(36)32-24(26)34-20(11)44/h3-7,12,15-16,21-22,27,30,37-38,41-42H,1-2H2,(H3,25,31,33,43)(H3,26,32,34,44)/t5-,6-,7-,12+,15-,16-,21-,22-/m1/s1. The predicted molar refractivity (Wildman–Crippen MR) is 155 cm³/mol. The van der Waals surface area contributed by atoms with Gasteiger partial charge in [0.1, 0.15) is 41.9 Å². The van der Waals surface area contributed by atoms with Crippen molar-refractivity contribution in [3.8, 4) is 0 Å². The van der Waals surface area contributed by atoms with Crippen LogP contribution in [0.1, 0.15) is 12.5 Å². The van der Waals surface area contributed by atoms with Crippen LogP contribution in [0.3, 0.4) is 0 Å². The highest BCUT2D eigenvalue weighted by atomic mass is 16.6. The van der Waals surface area contributed by atoms with E-state index in [-0.39, 0.29) is 52.1 Å². The van der Waals surface area contributed by atoms with Crippen molar-refractivity contribution in [1.82, 2.24) is 39.0 Å². The third-order valence-electron chi connectivity index (χ3n) is 8.04. The van der Waals surface area contributed by atoms with Crippen LogP contribution in [0, 0.1) is 0 Å². The lowest BCUT2D eigenvalue weighted by Gasteiger charge is -2.25. The molecule has 46 heavy (non-hydrogen) atoms. The Labute approximate surface area is 253 Å². The fraction of sp³-hybridized carbons (Fsp3) is 0.417. The summed E-state index contributed by atoms with van der Waals surface area (Å²) >= 11 is 0. The summed E-state index contributed by atoms with van der Waals surface area (Å²) in [5.74, 6) is -0.405. The number of nitrogens with zero attached hydrogens (tertiary/aromatic N) is 6. The average Bonchev–Trinajstić information content (AvgIpc) is 3.77. The predicted octanol–water partition coefficient (Wildman–Crippen LogP) is -5.22. The lowest BCUT2D eigenvalue weighted by molar-refractivity contribution is -0.0487. The van der Waals surface area contributed by atoms with E-state index in [1.165, 1.54) is 21.8 Å². The summed E-state index contributed by atoms with van der Waals surface area (Å²) in [6.45, 7) is -0.877. The zero-order valence-electron chi connectivity index (χ0n) is 23.3. The van der Waals surface area contributed by atoms with E-state index in [2.05, 4.69) is 40.5 Å². The molecule has 2 aliphatic rings. The summed E-state index contributed by atoms with van der Waals surface area (Å²) < 4.78 is 14.1. The van der Waals surface area contributed by atoms with E-state index in [9.17, 15) is 39.6 Å². The molecule has 0 amide bonds. The Hall–Kier alpha value is -5.26. The minimum atomic E-state index is -1.51. The van der Waals surface area contributed by atoms with E-state index in [0.29, 0.717) is 0 Å². The number of nitrogens with two attached hydrogens (primary N) is 2. The Morgan fingerprint density at radius 1 is 0.783 bits per heavy atom. The molecule has 4 aromatic heterocycles. The lowest BCUT2D eigenvalue weighted by atomic mass is 10.0. The van der Waals surface area contributed by atoms with Crippen molar-refractivity contribution >= 4 is 45.6 Å². The molecule has 0 spiro atoms. The fourth-order valence-corrected chi connectivity index (χ4v) is 5.76. The van der Waals surface area contributed by atoms with Crippen LogP contribution < -0.4 is 44.1 Å². The van der Waals surface area contributed by atoms with Gasteiger partial charge in [0, 0.05) is 6.54 Å². The van der Waals surface area contributed by atoms with E-state index < -0.39 is 77.6 Å². The number of imidazole rings is 2. The van der Waals surface area contributed by atoms with Crippen molar-refractivity contribution in [2.24, 2.45) is 0 Å². The molecule has 12 N–H and O–H groups in total. The summed E-state index contributed by atoms with van der Waals surface area (Å²) in [5.41, 5.74) is 7.65. The van der Waals surface area contributed by atoms with Gasteiger partial charge in [-0.25, -0.2) is 9.97 Å². The van der Waals surface area contributed by atoms with Crippen LogP contribution in [0.2, 0.25) is 0 Å². The molecule has 6 heterocycles. The molecule has 1 aromatic carbocycles. The van der Waals surface area contributed by atoms with Gasteiger partial charge in [-0.3, -0.25) is 38.3 Å². The van der Waals surface area contributed by atoms with Gasteiger partial charge in [-0.2, -0.15) is 9.97 Å². The molecule has 0 bridgehead atoms. The van der Waals surface area contributed by atoms with Gasteiger partial charge >= 0.3 is 0 Å². The number of nitrogens with one attached hydrogen (secondary N) is 4. The molecule has 5 aromatic rings. The molecule has 22 nitrogen and oxygen atoms in total. The van der Waals surface area contributed by atoms with Crippen LogP contribution in [0.25, 0.3) is 22.3 Å². The quantitative estimate of drug-likeness (QED) is 0.0707. The largest absolute Gasteiger partial charge is 0.394 e. The summed E-state index contributed by atoms with van der Waals surface area (Å²) in [7, 11) is 0. The number of anilines is 4. The Kier molecular flexibility index (Phi) is 6.84. The van der Waals surface area contributed by atoms with E-state index in [1.54, 1.807) is 0 Å². The first kappa shape index (κ1) is 29.5. The number of aliphatic hydroxyl groups excluding tert-OH is 4. The van der Waals surface area contributed by atoms with Crippen LogP contribution in [0.15, 0.2) is 31.8 Å². The van der Waals surface area contributed by atoms with Crippen LogP contribution in [0.4, 0.5) is 23.3 Å². The second kappa shape index (κ2) is 10.7. The SMILES string of the molecule is Nc1nc2c(ncn2[C@@H]2O[C@H](CNc3c(N[C@H]4[C@@H](O)[C@H](n5cnc6c(=O)[nH]c(N)nc65)O[C@@H]4CO)c(=O)c3=O)[C@H](O)[C@H]2O)c(=O)[nH]1. The molecule has 0 aliphatic carbocycles. The van der Waals surface area contributed by atoms with Gasteiger partial charge in [-0.15, -0.1) is 0 Å². The molecule has 0 unspecified atom stereocenters. The van der Waals surface area contributed by atoms with Crippen LogP contribution in [-0.4, -0.2) is 109 Å². The highest BCUT2D eigenvalue weighted by Crippen LogP contribution is 2.34. The number of rotatable bonds is 8. The van der Waals surface area contributed by atoms with Crippen molar-refractivity contribution in [1.29, 1.82) is 0 Å². The summed E-state index contributed by atoms with van der Waals surface area (Å²) in [5, 5.41) is 48.0. The van der Waals surface area contributed by atoms with Gasteiger partial charge in [0.05, 0.1) is 25.3 Å². The second-order valence-corrected chi connectivity index (χ2v) is 10.8. The maximum atomic E-state index is 12.6. The first-order chi connectivity index (χ1) is 22.0. The van der Waals surface area contributed by atoms with E-state index in [4.69, 9.17) is 20.9 Å². The molecular weight excluding hydrogens is 616 g/mol. The van der Waals surface area contributed by atoms with Crippen molar-refractivity contribution in [2.75, 3.05) is 35.3 Å². The molecule has 7 rings (SSSR count). The smallest absolute Gasteiger partial charge is 0.280 e. The number of aromatic nitrogens is 8. The van der Waals surface area contributed by atoms with Crippen molar-refractivity contribution < 1.29 is 29.9 Å². The van der Waals surface area contributed by atoms with Crippen molar-refractivity contribution in [3.05, 3.63) is 53.8 Å². The van der Waals surface area contributed by atoms with Crippen LogP contribution in [-0.2, 0) is 9.47 Å². The highest BCUT2D eigenvalue weighted by Gasteiger charge is 2.47. The number of aromatic amines is 2. The van der Waals surface area contributed by atoms with Gasteiger partial charge in [-0.05, 0) is 0 Å². The number of hydrogen-bond donors (Lipinski definition) is 10. The maximum Gasteiger partial charge on any atom is 0.280 e. The van der Waals surface area contributed by atoms with Gasteiger partial charge in [0.2, 0.25) is 11.9 Å². The Bertz CT molecular complexity index is 2170. The van der Waals surface area contributed by atoms with Gasteiger partial charge < -0.3 is 52.0 Å². The number of nitrogen functional groups attached to an aromatic ring is 2. The molecule has 0 radical (unpaired) electrons. The topological polar surface area (TPSA) is 337 Å². The summed E-state index contributed by atoms with van der Waals surface area (Å²) in [6, 6.07) is -1.13.